The first kappa shape index (κ1) is 33.5. The molecule has 1 aliphatic rings. The maximum atomic E-state index is 14.0. The fraction of sp³-hybridized carbons (Fsp3) is 0.265. The molecule has 4 amide bonds. The van der Waals surface area contributed by atoms with E-state index in [1.807, 2.05) is 66.0 Å². The number of anilines is 1. The highest BCUT2D eigenvalue weighted by Gasteiger charge is 2.31. The minimum absolute atomic E-state index is 0.106. The highest BCUT2D eigenvalue weighted by atomic mass is 32.2. The lowest BCUT2D eigenvalue weighted by molar-refractivity contribution is -0.133. The molecule has 3 unspecified atom stereocenters. The number of aromatic nitrogens is 1. The highest BCUT2D eigenvalue weighted by molar-refractivity contribution is 7.98. The number of carbonyl (C=O) groups excluding carboxylic acids is 4. The van der Waals surface area contributed by atoms with E-state index >= 15 is 0 Å². The van der Waals surface area contributed by atoms with Crippen molar-refractivity contribution < 1.29 is 24.3 Å². The third-order valence-corrected chi connectivity index (χ3v) is 9.46. The van der Waals surface area contributed by atoms with Crippen molar-refractivity contribution in [1.29, 1.82) is 0 Å². The largest absolute Gasteiger partial charge is 0.508 e. The summed E-state index contributed by atoms with van der Waals surface area (Å²) in [5.74, 6) is -1.52. The molecule has 0 aliphatic carbocycles. The lowest BCUT2D eigenvalue weighted by atomic mass is 10.0. The van der Waals surface area contributed by atoms with Gasteiger partial charge in [0.2, 0.25) is 23.6 Å². The molecule has 0 spiro atoms. The summed E-state index contributed by atoms with van der Waals surface area (Å²) in [6, 6.07) is 21.1. The zero-order valence-electron chi connectivity index (χ0n) is 25.4. The van der Waals surface area contributed by atoms with Gasteiger partial charge in [0.05, 0.1) is 5.69 Å². The third-order valence-electron chi connectivity index (χ3n) is 7.57. The van der Waals surface area contributed by atoms with Gasteiger partial charge in [0.15, 0.2) is 5.13 Å². The van der Waals surface area contributed by atoms with Crippen LogP contribution in [0.3, 0.4) is 0 Å². The Kier molecular flexibility index (Phi) is 11.5. The molecule has 7 N–H and O–H groups in total. The van der Waals surface area contributed by atoms with Crippen molar-refractivity contribution in [2.75, 3.05) is 11.1 Å². The van der Waals surface area contributed by atoms with Crippen molar-refractivity contribution in [2.45, 2.75) is 49.2 Å². The van der Waals surface area contributed by atoms with Crippen LogP contribution < -0.4 is 27.0 Å². The van der Waals surface area contributed by atoms with Gasteiger partial charge in [-0.15, -0.1) is 11.3 Å². The fourth-order valence-electron chi connectivity index (χ4n) is 5.08. The molecule has 4 atom stereocenters. The van der Waals surface area contributed by atoms with Crippen molar-refractivity contribution in [1.82, 2.24) is 20.9 Å². The fourth-order valence-corrected chi connectivity index (χ4v) is 6.90. The van der Waals surface area contributed by atoms with E-state index in [0.29, 0.717) is 10.9 Å². The zero-order valence-corrected chi connectivity index (χ0v) is 27.1. The van der Waals surface area contributed by atoms with E-state index in [4.69, 9.17) is 5.73 Å². The zero-order chi connectivity index (χ0) is 33.2. The summed E-state index contributed by atoms with van der Waals surface area (Å²) in [7, 11) is 0. The number of amides is 4. The average molecular weight is 673 g/mol. The van der Waals surface area contributed by atoms with Gasteiger partial charge in [-0.2, -0.15) is 11.8 Å². The van der Waals surface area contributed by atoms with Crippen LogP contribution in [0.4, 0.5) is 5.13 Å². The lowest BCUT2D eigenvalue weighted by Crippen LogP contribution is -2.58. The minimum atomic E-state index is -1.06. The number of phenols is 1. The topological polar surface area (TPSA) is 176 Å². The Morgan fingerprint density at radius 3 is 1.74 bits per heavy atom. The molecule has 11 nitrogen and oxygen atoms in total. The number of thiazole rings is 1. The Labute approximate surface area is 280 Å². The van der Waals surface area contributed by atoms with Crippen LogP contribution in [0.1, 0.15) is 22.4 Å². The number of nitrogens with two attached hydrogens (primary N) is 1. The first-order valence-electron chi connectivity index (χ1n) is 15.1. The minimum Gasteiger partial charge on any atom is -0.508 e. The van der Waals surface area contributed by atoms with E-state index < -0.39 is 47.8 Å². The molecule has 5 rings (SSSR count). The van der Waals surface area contributed by atoms with E-state index in [2.05, 4.69) is 26.3 Å². The number of primary amides is 1. The summed E-state index contributed by atoms with van der Waals surface area (Å²) in [6.45, 7) is 0. The lowest BCUT2D eigenvalue weighted by Gasteiger charge is -2.26. The maximum absolute atomic E-state index is 14.0. The van der Waals surface area contributed by atoms with Gasteiger partial charge in [0.1, 0.15) is 29.9 Å². The van der Waals surface area contributed by atoms with E-state index in [9.17, 15) is 24.3 Å². The second-order valence-electron chi connectivity index (χ2n) is 11.2. The van der Waals surface area contributed by atoms with Crippen molar-refractivity contribution in [3.63, 3.8) is 0 Å². The molecule has 3 aromatic carbocycles. The maximum Gasteiger partial charge on any atom is 0.243 e. The standard InChI is InChI=1S/C34H36N6O5S2/c35-30(42)29-20-46-18-24-19-47-34(36-24)40-28(17-23-11-13-25(41)14-12-23)33(45)38-26(15-21-7-3-1-4-8-21)31(43)37-27(32(44)39-29)16-22-9-5-2-6-10-22/h1-14,19,26-29,41H,15-18,20H2,(H2,35,42)(H,36,40)(H,37,43)(H,38,45)(H,39,44)/t26-,27?,28?,29?/m0/s1. The molecule has 1 aromatic heterocycles. The highest BCUT2D eigenvalue weighted by Crippen LogP contribution is 2.22. The number of benzene rings is 3. The third kappa shape index (κ3) is 9.80. The van der Waals surface area contributed by atoms with Crippen LogP contribution in [0, 0.1) is 0 Å². The number of aromatic hydroxyl groups is 1. The molecule has 2 heterocycles. The first-order chi connectivity index (χ1) is 22.7. The van der Waals surface area contributed by atoms with Crippen molar-refractivity contribution in [2.24, 2.45) is 5.73 Å². The number of hydrogen-bond donors (Lipinski definition) is 6. The van der Waals surface area contributed by atoms with Gasteiger partial charge >= 0.3 is 0 Å². The number of phenolic OH excluding ortho intramolecular Hbond substituents is 1. The quantitative estimate of drug-likeness (QED) is 0.174. The monoisotopic (exact) mass is 672 g/mol. The van der Waals surface area contributed by atoms with Crippen molar-refractivity contribution in [3.8, 4) is 5.75 Å². The first-order valence-corrected chi connectivity index (χ1v) is 17.1. The van der Waals surface area contributed by atoms with Gasteiger partial charge in [-0.1, -0.05) is 72.8 Å². The molecule has 0 fully saturated rings. The van der Waals surface area contributed by atoms with Crippen molar-refractivity contribution in [3.05, 3.63) is 113 Å². The van der Waals surface area contributed by atoms with Crippen LogP contribution in [-0.4, -0.2) is 63.6 Å². The summed E-state index contributed by atoms with van der Waals surface area (Å²) in [5, 5.41) is 23.9. The van der Waals surface area contributed by atoms with Crippen LogP contribution in [-0.2, 0) is 44.2 Å². The molecular formula is C34H36N6O5S2. The molecule has 1 aliphatic heterocycles. The molecule has 0 saturated heterocycles. The van der Waals surface area contributed by atoms with Gasteiger partial charge in [-0.3, -0.25) is 19.2 Å². The average Bonchev–Trinajstić information content (AvgIpc) is 3.51. The predicted octanol–water partition coefficient (Wildman–Crippen LogP) is 2.54. The van der Waals surface area contributed by atoms with Crippen molar-refractivity contribution >= 4 is 51.9 Å². The second-order valence-corrected chi connectivity index (χ2v) is 13.1. The van der Waals surface area contributed by atoms with Crippen LogP contribution in [0.5, 0.6) is 5.75 Å². The van der Waals surface area contributed by atoms with E-state index in [1.165, 1.54) is 23.1 Å². The number of carbonyl (C=O) groups is 4. The SMILES string of the molecule is NC(=O)C1CSCc2csc(n2)NC(Cc2ccc(O)cc2)C(=O)N[C@@H](Cc2ccccc2)C(=O)NC(Cc2ccccc2)C(=O)N1. The van der Waals surface area contributed by atoms with Crippen LogP contribution in [0.25, 0.3) is 0 Å². The normalized spacial score (nSPS) is 21.0. The molecule has 4 aromatic rings. The summed E-state index contributed by atoms with van der Waals surface area (Å²) < 4.78 is 0. The van der Waals surface area contributed by atoms with Gasteiger partial charge in [-0.25, -0.2) is 4.98 Å². The molecule has 47 heavy (non-hydrogen) atoms. The molecule has 2 bridgehead atoms. The number of nitrogens with one attached hydrogen (secondary N) is 4. The van der Waals surface area contributed by atoms with Gasteiger partial charge in [0, 0.05) is 36.1 Å². The summed E-state index contributed by atoms with van der Waals surface area (Å²) in [5.41, 5.74) is 8.79. The smallest absolute Gasteiger partial charge is 0.243 e. The van der Waals surface area contributed by atoms with E-state index in [1.54, 1.807) is 24.3 Å². The summed E-state index contributed by atoms with van der Waals surface area (Å²) in [4.78, 5) is 58.7. The van der Waals surface area contributed by atoms with Gasteiger partial charge in [0.25, 0.3) is 0 Å². The Hall–Kier alpha value is -4.88. The number of nitrogens with zero attached hydrogens (tertiary/aromatic N) is 1. The Morgan fingerprint density at radius 2 is 1.21 bits per heavy atom. The van der Waals surface area contributed by atoms with E-state index in [-0.39, 0.29) is 30.8 Å². The number of thioether (sulfide) groups is 1. The summed E-state index contributed by atoms with van der Waals surface area (Å²) in [6.07, 6.45) is 0.552. The number of fused-ring (bicyclic) bond motifs is 2. The van der Waals surface area contributed by atoms with Gasteiger partial charge in [-0.05, 0) is 28.8 Å². The van der Waals surface area contributed by atoms with Crippen LogP contribution in [0.2, 0.25) is 0 Å². The summed E-state index contributed by atoms with van der Waals surface area (Å²) >= 11 is 2.71. The molecule has 244 valence electrons. The number of rotatable bonds is 7. The molecule has 13 heteroatoms. The second kappa shape index (κ2) is 16.1. The Morgan fingerprint density at radius 1 is 0.723 bits per heavy atom. The van der Waals surface area contributed by atoms with E-state index in [0.717, 1.165) is 22.4 Å². The predicted molar refractivity (Wildman–Crippen MR) is 183 cm³/mol. The molecule has 0 radical (unpaired) electrons. The van der Waals surface area contributed by atoms with Crippen LogP contribution >= 0.6 is 23.1 Å². The Bertz CT molecular complexity index is 1670. The van der Waals surface area contributed by atoms with Crippen LogP contribution in [0.15, 0.2) is 90.3 Å². The van der Waals surface area contributed by atoms with Gasteiger partial charge < -0.3 is 32.1 Å². The number of hydrogen-bond acceptors (Lipinski definition) is 9. The molecule has 0 saturated carbocycles. The molecular weight excluding hydrogens is 637 g/mol. The Balaban J connectivity index is 1.49.